The summed E-state index contributed by atoms with van der Waals surface area (Å²) in [5.41, 5.74) is 2.59. The molecule has 4 aromatic rings. The Balaban J connectivity index is 1.68. The summed E-state index contributed by atoms with van der Waals surface area (Å²) in [6.45, 7) is 7.38. The van der Waals surface area contributed by atoms with E-state index in [9.17, 15) is 8.42 Å². The Morgan fingerprint density at radius 2 is 1.85 bits per heavy atom. The number of allylic oxidation sites excluding steroid dienone is 1. The Labute approximate surface area is 204 Å². The van der Waals surface area contributed by atoms with Gasteiger partial charge in [0, 0.05) is 32.7 Å². The fraction of sp³-hybridized carbons (Fsp3) is 0.292. The Morgan fingerprint density at radius 1 is 1.09 bits per heavy atom. The molecule has 0 saturated heterocycles. The van der Waals surface area contributed by atoms with Crippen molar-refractivity contribution < 1.29 is 8.42 Å². The van der Waals surface area contributed by atoms with Gasteiger partial charge in [0.05, 0.1) is 21.7 Å². The molecule has 0 aliphatic carbocycles. The first-order valence-corrected chi connectivity index (χ1v) is 13.4. The van der Waals surface area contributed by atoms with Crippen molar-refractivity contribution in [1.29, 1.82) is 0 Å². The van der Waals surface area contributed by atoms with Crippen molar-refractivity contribution in [3.8, 4) is 11.4 Å². The molecule has 0 radical (unpaired) electrons. The monoisotopic (exact) mass is 496 g/mol. The van der Waals surface area contributed by atoms with Crippen LogP contribution in [0.15, 0.2) is 71.2 Å². The molecule has 2 aromatic carbocycles. The van der Waals surface area contributed by atoms with Gasteiger partial charge in [-0.2, -0.15) is 0 Å². The van der Waals surface area contributed by atoms with E-state index in [0.29, 0.717) is 17.8 Å². The highest BCUT2D eigenvalue weighted by Gasteiger charge is 2.20. The second-order valence-electron chi connectivity index (χ2n) is 7.98. The Hall–Kier alpha value is -2.95. The lowest BCUT2D eigenvalue weighted by atomic mass is 10.2. The third-order valence-electron chi connectivity index (χ3n) is 5.42. The molecule has 0 amide bonds. The molecule has 0 saturated carbocycles. The maximum absolute atomic E-state index is 12.6. The molecule has 0 aliphatic rings. The molecule has 2 heterocycles. The largest absolute Gasteiger partial charge is 0.327 e. The molecule has 0 unspecified atom stereocenters. The highest BCUT2D eigenvalue weighted by Crippen LogP contribution is 2.29. The number of benzene rings is 2. The van der Waals surface area contributed by atoms with Gasteiger partial charge in [0.15, 0.2) is 11.0 Å². The lowest BCUT2D eigenvalue weighted by molar-refractivity contribution is 0.521. The molecule has 0 N–H and O–H groups in total. The first kappa shape index (κ1) is 24.2. The van der Waals surface area contributed by atoms with Crippen LogP contribution in [0.3, 0.4) is 0 Å². The molecule has 0 atom stereocenters. The molecule has 10 heteroatoms. The highest BCUT2D eigenvalue weighted by atomic mass is 32.2. The van der Waals surface area contributed by atoms with Crippen molar-refractivity contribution in [2.45, 2.75) is 42.2 Å². The molecule has 0 spiro atoms. The minimum Gasteiger partial charge on any atom is -0.327 e. The smallest absolute Gasteiger partial charge is 0.242 e. The number of fused-ring (bicyclic) bond motifs is 1. The number of rotatable bonds is 10. The number of imidazole rings is 1. The van der Waals surface area contributed by atoms with Crippen molar-refractivity contribution in [1.82, 2.24) is 28.6 Å². The molecular weight excluding hydrogens is 468 g/mol. The van der Waals surface area contributed by atoms with Crippen LogP contribution in [-0.2, 0) is 28.9 Å². The predicted octanol–water partition coefficient (Wildman–Crippen LogP) is 4.43. The molecule has 0 aliphatic heterocycles. The second kappa shape index (κ2) is 10.1. The zero-order valence-electron chi connectivity index (χ0n) is 19.5. The number of aromatic nitrogens is 5. The SMILES string of the molecule is C=CCn1c(SCc2nc3cc(S(=O)(=O)N(C)C)ccc3n2CCC)nnc1-c1ccccc1. The van der Waals surface area contributed by atoms with Crippen LogP contribution in [0, 0.1) is 0 Å². The minimum absolute atomic E-state index is 0.239. The van der Waals surface area contributed by atoms with E-state index in [2.05, 4.69) is 28.3 Å². The lowest BCUT2D eigenvalue weighted by Gasteiger charge is -2.11. The summed E-state index contributed by atoms with van der Waals surface area (Å²) < 4.78 is 30.6. The van der Waals surface area contributed by atoms with Gasteiger partial charge in [-0.15, -0.1) is 16.8 Å². The lowest BCUT2D eigenvalue weighted by Crippen LogP contribution is -2.22. The first-order chi connectivity index (χ1) is 16.4. The van der Waals surface area contributed by atoms with Gasteiger partial charge in [-0.3, -0.25) is 4.57 Å². The van der Waals surface area contributed by atoms with Crippen LogP contribution in [0.5, 0.6) is 0 Å². The molecule has 4 rings (SSSR count). The van der Waals surface area contributed by atoms with Crippen molar-refractivity contribution in [2.75, 3.05) is 14.1 Å². The van der Waals surface area contributed by atoms with E-state index in [1.165, 1.54) is 18.4 Å². The fourth-order valence-electron chi connectivity index (χ4n) is 3.73. The van der Waals surface area contributed by atoms with Crippen LogP contribution < -0.4 is 0 Å². The van der Waals surface area contributed by atoms with Crippen molar-refractivity contribution in [3.05, 3.63) is 67.0 Å². The Bertz CT molecular complexity index is 1410. The number of thioether (sulfide) groups is 1. The second-order valence-corrected chi connectivity index (χ2v) is 11.1. The summed E-state index contributed by atoms with van der Waals surface area (Å²) in [5, 5.41) is 9.63. The van der Waals surface area contributed by atoms with Crippen LogP contribution in [0.25, 0.3) is 22.4 Å². The zero-order chi connectivity index (χ0) is 24.3. The van der Waals surface area contributed by atoms with Gasteiger partial charge in [0.25, 0.3) is 0 Å². The van der Waals surface area contributed by atoms with E-state index >= 15 is 0 Å². The van der Waals surface area contributed by atoms with E-state index in [0.717, 1.165) is 40.9 Å². The van der Waals surface area contributed by atoms with Gasteiger partial charge in [-0.1, -0.05) is 55.1 Å². The Morgan fingerprint density at radius 3 is 2.53 bits per heavy atom. The topological polar surface area (TPSA) is 85.9 Å². The van der Waals surface area contributed by atoms with Crippen LogP contribution >= 0.6 is 11.8 Å². The van der Waals surface area contributed by atoms with E-state index in [1.54, 1.807) is 23.9 Å². The van der Waals surface area contributed by atoms with Crippen molar-refractivity contribution in [2.24, 2.45) is 0 Å². The summed E-state index contributed by atoms with van der Waals surface area (Å²) in [5.74, 6) is 2.24. The zero-order valence-corrected chi connectivity index (χ0v) is 21.2. The summed E-state index contributed by atoms with van der Waals surface area (Å²) in [6.07, 6.45) is 2.77. The molecule has 0 fully saturated rings. The first-order valence-electron chi connectivity index (χ1n) is 11.0. The summed E-state index contributed by atoms with van der Waals surface area (Å²) in [7, 11) is -0.471. The van der Waals surface area contributed by atoms with Gasteiger partial charge in [0.1, 0.15) is 5.82 Å². The average molecular weight is 497 g/mol. The van der Waals surface area contributed by atoms with Crippen LogP contribution in [0.1, 0.15) is 19.2 Å². The molecular formula is C24H28N6O2S2. The quantitative estimate of drug-likeness (QED) is 0.238. The van der Waals surface area contributed by atoms with Crippen LogP contribution in [0.4, 0.5) is 0 Å². The maximum Gasteiger partial charge on any atom is 0.242 e. The van der Waals surface area contributed by atoms with Crippen molar-refractivity contribution >= 4 is 32.8 Å². The number of nitrogens with zero attached hydrogens (tertiary/aromatic N) is 6. The molecule has 0 bridgehead atoms. The number of sulfonamides is 1. The van der Waals surface area contributed by atoms with Gasteiger partial charge in [-0.25, -0.2) is 17.7 Å². The maximum atomic E-state index is 12.6. The summed E-state index contributed by atoms with van der Waals surface area (Å²) in [4.78, 5) is 5.04. The van der Waals surface area contributed by atoms with E-state index < -0.39 is 10.0 Å². The highest BCUT2D eigenvalue weighted by molar-refractivity contribution is 7.98. The normalized spacial score (nSPS) is 12.0. The van der Waals surface area contributed by atoms with E-state index in [4.69, 9.17) is 4.98 Å². The third kappa shape index (κ3) is 4.66. The van der Waals surface area contributed by atoms with Gasteiger partial charge in [-0.05, 0) is 24.6 Å². The third-order valence-corrected chi connectivity index (χ3v) is 8.19. The fourth-order valence-corrected chi connectivity index (χ4v) is 5.55. The number of hydrogen-bond acceptors (Lipinski definition) is 6. The molecule has 8 nitrogen and oxygen atoms in total. The standard InChI is InChI=1S/C24H28N6O2S2/c1-5-14-29-21-13-12-19(34(31,32)28(3)4)16-20(21)25-22(29)17-33-24-27-26-23(30(24)15-6-2)18-10-8-7-9-11-18/h6-13,16H,2,5,14-15,17H2,1,3-4H3. The molecule has 2 aromatic heterocycles. The summed E-state index contributed by atoms with van der Waals surface area (Å²) >= 11 is 1.56. The van der Waals surface area contributed by atoms with Gasteiger partial charge >= 0.3 is 0 Å². The summed E-state index contributed by atoms with van der Waals surface area (Å²) in [6, 6.07) is 15.1. The molecule has 178 valence electrons. The van der Waals surface area contributed by atoms with E-state index in [-0.39, 0.29) is 4.90 Å². The average Bonchev–Trinajstić information content (AvgIpc) is 3.39. The van der Waals surface area contributed by atoms with Gasteiger partial charge < -0.3 is 4.57 Å². The number of aryl methyl sites for hydroxylation is 1. The van der Waals surface area contributed by atoms with E-state index in [1.807, 2.05) is 47.0 Å². The van der Waals surface area contributed by atoms with Crippen LogP contribution in [0.2, 0.25) is 0 Å². The minimum atomic E-state index is -3.53. The van der Waals surface area contributed by atoms with Gasteiger partial charge in [0.2, 0.25) is 10.0 Å². The Kier molecular flexibility index (Phi) is 7.20. The van der Waals surface area contributed by atoms with Crippen LogP contribution in [-0.4, -0.2) is 51.1 Å². The predicted molar refractivity (Wildman–Crippen MR) is 136 cm³/mol. The van der Waals surface area contributed by atoms with Crippen molar-refractivity contribution in [3.63, 3.8) is 0 Å². The number of hydrogen-bond donors (Lipinski definition) is 0. The molecule has 34 heavy (non-hydrogen) atoms.